The summed E-state index contributed by atoms with van der Waals surface area (Å²) in [6, 6.07) is 11.1. The number of benzene rings is 1. The molecule has 0 aliphatic carbocycles. The topological polar surface area (TPSA) is 127 Å². The average molecular weight is 484 g/mol. The highest BCUT2D eigenvalue weighted by molar-refractivity contribution is 6.29. The van der Waals surface area contributed by atoms with Crippen LogP contribution in [0.5, 0.6) is 0 Å². The highest BCUT2D eigenvalue weighted by Gasteiger charge is 2.37. The van der Waals surface area contributed by atoms with Gasteiger partial charge in [0.2, 0.25) is 5.65 Å². The third-order valence-corrected chi connectivity index (χ3v) is 6.45. The molecule has 3 aromatic rings. The first-order valence-corrected chi connectivity index (χ1v) is 11.4. The number of amides is 1. The molecule has 34 heavy (non-hydrogen) atoms. The summed E-state index contributed by atoms with van der Waals surface area (Å²) in [5.41, 5.74) is 8.96. The molecule has 0 radical (unpaired) electrons. The van der Waals surface area contributed by atoms with Gasteiger partial charge in [-0.15, -0.1) is 0 Å². The van der Waals surface area contributed by atoms with Crippen LogP contribution < -0.4 is 16.5 Å². The number of carbonyl (C=O) groups excluding carboxylic acids is 1. The maximum absolute atomic E-state index is 13.0. The number of hydrogen-bond donors (Lipinski definition) is 2. The molecule has 0 bridgehead atoms. The fourth-order valence-corrected chi connectivity index (χ4v) is 4.08. The Bertz CT molecular complexity index is 1230. The molecule has 0 saturated carbocycles. The van der Waals surface area contributed by atoms with Crippen LogP contribution in [0.3, 0.4) is 0 Å². The SMILES string of the molecule is CC1(N(N)/C=C(\N)c2ccc(C(=O)N3CCN(c4nc5nc(Cl)ccc5o4)CC3)cc2)COC1. The molecule has 5 rings (SSSR count). The Kier molecular flexibility index (Phi) is 5.80. The molecule has 0 unspecified atom stereocenters. The van der Waals surface area contributed by atoms with Gasteiger partial charge in [-0.05, 0) is 36.8 Å². The number of oxazole rings is 1. The Morgan fingerprint density at radius 1 is 1.09 bits per heavy atom. The van der Waals surface area contributed by atoms with Gasteiger partial charge in [0.15, 0.2) is 5.58 Å². The fourth-order valence-electron chi connectivity index (χ4n) is 3.93. The highest BCUT2D eigenvalue weighted by Crippen LogP contribution is 2.25. The van der Waals surface area contributed by atoms with Crippen molar-refractivity contribution >= 4 is 40.5 Å². The maximum atomic E-state index is 13.0. The first-order chi connectivity index (χ1) is 16.3. The molecule has 0 atom stereocenters. The van der Waals surface area contributed by atoms with E-state index in [0.29, 0.717) is 73.1 Å². The number of anilines is 1. The maximum Gasteiger partial charge on any atom is 0.300 e. The minimum absolute atomic E-state index is 0.0284. The molecule has 2 fully saturated rings. The third-order valence-electron chi connectivity index (χ3n) is 6.24. The molecule has 178 valence electrons. The molecule has 2 aliphatic heterocycles. The van der Waals surface area contributed by atoms with E-state index in [1.54, 1.807) is 35.5 Å². The highest BCUT2D eigenvalue weighted by atomic mass is 35.5. The number of nitrogens with two attached hydrogens (primary N) is 2. The number of piperazine rings is 1. The summed E-state index contributed by atoms with van der Waals surface area (Å²) in [6.07, 6.45) is 1.70. The monoisotopic (exact) mass is 483 g/mol. The van der Waals surface area contributed by atoms with Crippen LogP contribution in [0, 0.1) is 0 Å². The Labute approximate surface area is 201 Å². The Morgan fingerprint density at radius 3 is 2.41 bits per heavy atom. The number of pyridine rings is 1. The summed E-state index contributed by atoms with van der Waals surface area (Å²) >= 11 is 5.93. The molecule has 1 aromatic carbocycles. The third kappa shape index (κ3) is 4.27. The second-order valence-corrected chi connectivity index (χ2v) is 9.18. The van der Waals surface area contributed by atoms with Crippen molar-refractivity contribution in [3.63, 3.8) is 0 Å². The van der Waals surface area contributed by atoms with Crippen LogP contribution in [0.2, 0.25) is 5.15 Å². The number of rotatable bonds is 5. The van der Waals surface area contributed by atoms with Crippen LogP contribution in [0.15, 0.2) is 47.0 Å². The van der Waals surface area contributed by atoms with Crippen molar-refractivity contribution in [3.8, 4) is 0 Å². The number of aromatic nitrogens is 2. The molecular weight excluding hydrogens is 458 g/mol. The van der Waals surface area contributed by atoms with E-state index >= 15 is 0 Å². The predicted octanol–water partition coefficient (Wildman–Crippen LogP) is 2.06. The van der Waals surface area contributed by atoms with E-state index < -0.39 is 0 Å². The first kappa shape index (κ1) is 22.5. The summed E-state index contributed by atoms with van der Waals surface area (Å²) < 4.78 is 11.0. The number of ether oxygens (including phenoxy) is 1. The second-order valence-electron chi connectivity index (χ2n) is 8.79. The van der Waals surface area contributed by atoms with Crippen LogP contribution in [0.25, 0.3) is 16.9 Å². The number of carbonyl (C=O) groups is 1. The molecule has 0 spiro atoms. The van der Waals surface area contributed by atoms with E-state index in [1.807, 2.05) is 28.9 Å². The molecule has 10 nitrogen and oxygen atoms in total. The summed E-state index contributed by atoms with van der Waals surface area (Å²) in [4.78, 5) is 25.4. The minimum Gasteiger partial charge on any atom is -0.422 e. The van der Waals surface area contributed by atoms with Crippen molar-refractivity contribution in [2.75, 3.05) is 44.3 Å². The van der Waals surface area contributed by atoms with Crippen molar-refractivity contribution in [1.82, 2.24) is 19.9 Å². The Balaban J connectivity index is 1.20. The molecule has 4 heterocycles. The normalized spacial score (nSPS) is 18.1. The molecule has 2 aliphatic rings. The summed E-state index contributed by atoms with van der Waals surface area (Å²) in [7, 11) is 0. The van der Waals surface area contributed by atoms with Crippen LogP contribution in [0.1, 0.15) is 22.8 Å². The van der Waals surface area contributed by atoms with Crippen molar-refractivity contribution in [1.29, 1.82) is 0 Å². The lowest BCUT2D eigenvalue weighted by Crippen LogP contribution is -2.60. The lowest BCUT2D eigenvalue weighted by Gasteiger charge is -2.44. The van der Waals surface area contributed by atoms with Gasteiger partial charge in [0.05, 0.1) is 24.4 Å². The van der Waals surface area contributed by atoms with E-state index in [2.05, 4.69) is 9.97 Å². The van der Waals surface area contributed by atoms with Gasteiger partial charge in [0.1, 0.15) is 5.15 Å². The van der Waals surface area contributed by atoms with Crippen LogP contribution in [0.4, 0.5) is 6.01 Å². The van der Waals surface area contributed by atoms with Gasteiger partial charge in [-0.3, -0.25) is 4.79 Å². The quantitative estimate of drug-likeness (QED) is 0.318. The second kappa shape index (κ2) is 8.79. The lowest BCUT2D eigenvalue weighted by atomic mass is 10.00. The number of hydrogen-bond acceptors (Lipinski definition) is 9. The van der Waals surface area contributed by atoms with E-state index in [1.165, 1.54) is 0 Å². The zero-order chi connectivity index (χ0) is 23.9. The summed E-state index contributed by atoms with van der Waals surface area (Å²) in [5, 5.41) is 1.96. The average Bonchev–Trinajstić information content (AvgIpc) is 3.25. The molecule has 1 amide bonds. The number of halogens is 1. The van der Waals surface area contributed by atoms with Crippen molar-refractivity contribution in [3.05, 3.63) is 58.9 Å². The van der Waals surface area contributed by atoms with Crippen molar-refractivity contribution in [2.45, 2.75) is 12.5 Å². The number of hydrazine groups is 1. The van der Waals surface area contributed by atoms with E-state index in [-0.39, 0.29) is 11.4 Å². The number of nitrogens with zero attached hydrogens (tertiary/aromatic N) is 5. The summed E-state index contributed by atoms with van der Waals surface area (Å²) in [5.74, 6) is 6.09. The molecule has 2 aromatic heterocycles. The Morgan fingerprint density at radius 2 is 1.76 bits per heavy atom. The van der Waals surface area contributed by atoms with Crippen molar-refractivity contribution < 1.29 is 13.9 Å². The van der Waals surface area contributed by atoms with Gasteiger partial charge >= 0.3 is 0 Å². The minimum atomic E-state index is -0.246. The smallest absolute Gasteiger partial charge is 0.300 e. The number of fused-ring (bicyclic) bond motifs is 1. The molecule has 2 saturated heterocycles. The zero-order valence-corrected chi connectivity index (χ0v) is 19.5. The molecule has 4 N–H and O–H groups in total. The van der Waals surface area contributed by atoms with Gasteiger partial charge in [0.25, 0.3) is 11.9 Å². The summed E-state index contributed by atoms with van der Waals surface area (Å²) in [6.45, 7) is 5.45. The predicted molar refractivity (Wildman–Crippen MR) is 129 cm³/mol. The van der Waals surface area contributed by atoms with Gasteiger partial charge < -0.3 is 29.7 Å². The zero-order valence-electron chi connectivity index (χ0n) is 18.8. The largest absolute Gasteiger partial charge is 0.422 e. The van der Waals surface area contributed by atoms with Gasteiger partial charge in [-0.25, -0.2) is 10.8 Å². The van der Waals surface area contributed by atoms with Gasteiger partial charge in [0, 0.05) is 37.9 Å². The fraction of sp³-hybridized carbons (Fsp3) is 0.348. The van der Waals surface area contributed by atoms with E-state index in [4.69, 9.17) is 32.3 Å². The van der Waals surface area contributed by atoms with Crippen LogP contribution in [-0.2, 0) is 4.74 Å². The first-order valence-electron chi connectivity index (χ1n) is 11.0. The Hall–Kier alpha value is -3.34. The van der Waals surface area contributed by atoms with E-state index in [0.717, 1.165) is 5.56 Å². The van der Waals surface area contributed by atoms with Crippen LogP contribution in [-0.4, -0.2) is 70.7 Å². The van der Waals surface area contributed by atoms with Gasteiger partial charge in [-0.1, -0.05) is 23.7 Å². The van der Waals surface area contributed by atoms with Crippen molar-refractivity contribution in [2.24, 2.45) is 11.6 Å². The van der Waals surface area contributed by atoms with Crippen LogP contribution >= 0.6 is 11.6 Å². The van der Waals surface area contributed by atoms with Gasteiger partial charge in [-0.2, -0.15) is 4.98 Å². The standard InChI is InChI=1S/C23H26ClN7O3/c1-23(13-33-14-23)31(26)12-17(25)15-2-4-16(5-3-15)21(32)29-8-10-30(11-9-29)22-28-20-18(34-22)6-7-19(24)27-20/h2-7,12H,8-11,13-14,25-26H2,1H3/b17-12-. The van der Waals surface area contributed by atoms with E-state index in [9.17, 15) is 4.79 Å². The lowest BCUT2D eigenvalue weighted by molar-refractivity contribution is -0.114. The molecule has 11 heteroatoms. The molecular formula is C23H26ClN7O3.